The summed E-state index contributed by atoms with van der Waals surface area (Å²) in [6.07, 6.45) is 1.77. The van der Waals surface area contributed by atoms with Crippen LogP contribution in [0.1, 0.15) is 37.5 Å². The summed E-state index contributed by atoms with van der Waals surface area (Å²) in [4.78, 5) is 14.7. The van der Waals surface area contributed by atoms with Gasteiger partial charge in [-0.3, -0.25) is 0 Å². The molecular weight excluding hydrogens is 328 g/mol. The van der Waals surface area contributed by atoms with Crippen molar-refractivity contribution in [3.8, 4) is 11.5 Å². The van der Waals surface area contributed by atoms with Crippen LogP contribution in [0.4, 0.5) is 10.5 Å². The van der Waals surface area contributed by atoms with Crippen LogP contribution in [0.25, 0.3) is 0 Å². The number of ether oxygens (including phenoxy) is 2. The van der Waals surface area contributed by atoms with E-state index in [1.165, 1.54) is 0 Å². The molecule has 1 aliphatic heterocycles. The molecular formula is C21H26N2O3. The van der Waals surface area contributed by atoms with Gasteiger partial charge in [-0.05, 0) is 48.6 Å². The van der Waals surface area contributed by atoms with E-state index in [1.807, 2.05) is 25.1 Å². The number of nitrogens with zero attached hydrogens (tertiary/aromatic N) is 1. The number of nitrogens with one attached hydrogen (secondary N) is 1. The predicted molar refractivity (Wildman–Crippen MR) is 103 cm³/mol. The fourth-order valence-electron chi connectivity index (χ4n) is 3.18. The number of hydrogen-bond acceptors (Lipinski definition) is 3. The molecule has 2 amide bonds. The van der Waals surface area contributed by atoms with E-state index in [9.17, 15) is 4.79 Å². The highest BCUT2D eigenvalue weighted by atomic mass is 16.7. The SMILES string of the molecule is CCc1cccc(CC)c1NC(=O)N(CC)Cc1ccc2c(c1)OCO2. The second-order valence-corrected chi connectivity index (χ2v) is 6.29. The lowest BCUT2D eigenvalue weighted by atomic mass is 10.0. The highest BCUT2D eigenvalue weighted by molar-refractivity contribution is 5.91. The lowest BCUT2D eigenvalue weighted by Crippen LogP contribution is -2.34. The Bertz CT molecular complexity index is 767. The molecule has 0 saturated heterocycles. The van der Waals surface area contributed by atoms with E-state index in [2.05, 4.69) is 37.4 Å². The van der Waals surface area contributed by atoms with Crippen LogP contribution in [-0.2, 0) is 19.4 Å². The molecule has 5 nitrogen and oxygen atoms in total. The third-order valence-electron chi connectivity index (χ3n) is 4.71. The van der Waals surface area contributed by atoms with E-state index in [1.54, 1.807) is 4.90 Å². The normalized spacial score (nSPS) is 12.1. The molecule has 0 saturated carbocycles. The fraction of sp³-hybridized carbons (Fsp3) is 0.381. The summed E-state index contributed by atoms with van der Waals surface area (Å²) in [5, 5.41) is 3.14. The number of benzene rings is 2. The average Bonchev–Trinajstić information content (AvgIpc) is 3.13. The number of carbonyl (C=O) groups excluding carboxylic acids is 1. The van der Waals surface area contributed by atoms with Crippen LogP contribution in [0.2, 0.25) is 0 Å². The zero-order valence-corrected chi connectivity index (χ0v) is 15.7. The summed E-state index contributed by atoms with van der Waals surface area (Å²) in [6, 6.07) is 11.9. The molecule has 0 spiro atoms. The number of rotatable bonds is 6. The van der Waals surface area contributed by atoms with Crippen molar-refractivity contribution in [3.63, 3.8) is 0 Å². The predicted octanol–water partition coefficient (Wildman–Crippen LogP) is 4.59. The van der Waals surface area contributed by atoms with Crippen LogP contribution in [0.3, 0.4) is 0 Å². The van der Waals surface area contributed by atoms with Crippen molar-refractivity contribution in [2.45, 2.75) is 40.2 Å². The summed E-state index contributed by atoms with van der Waals surface area (Å²) < 4.78 is 10.8. The first-order valence-corrected chi connectivity index (χ1v) is 9.21. The molecule has 1 N–H and O–H groups in total. The van der Waals surface area contributed by atoms with Crippen molar-refractivity contribution in [2.24, 2.45) is 0 Å². The van der Waals surface area contributed by atoms with Gasteiger partial charge in [0.1, 0.15) is 0 Å². The third kappa shape index (κ3) is 3.77. The van der Waals surface area contributed by atoms with Gasteiger partial charge in [-0.25, -0.2) is 4.79 Å². The Morgan fingerprint density at radius 3 is 2.38 bits per heavy atom. The Morgan fingerprint density at radius 1 is 1.04 bits per heavy atom. The Kier molecular flexibility index (Phi) is 5.66. The topological polar surface area (TPSA) is 50.8 Å². The molecule has 0 bridgehead atoms. The fourth-order valence-corrected chi connectivity index (χ4v) is 3.18. The van der Waals surface area contributed by atoms with Gasteiger partial charge in [0.15, 0.2) is 11.5 Å². The number of hydrogen-bond donors (Lipinski definition) is 1. The molecule has 0 unspecified atom stereocenters. The summed E-state index contributed by atoms with van der Waals surface area (Å²) in [5.41, 5.74) is 4.30. The van der Waals surface area contributed by atoms with Crippen molar-refractivity contribution >= 4 is 11.7 Å². The van der Waals surface area contributed by atoms with Crippen molar-refractivity contribution in [3.05, 3.63) is 53.1 Å². The lowest BCUT2D eigenvalue weighted by Gasteiger charge is -2.23. The maximum atomic E-state index is 12.9. The van der Waals surface area contributed by atoms with Gasteiger partial charge in [-0.1, -0.05) is 38.1 Å². The van der Waals surface area contributed by atoms with Crippen molar-refractivity contribution in [1.29, 1.82) is 0 Å². The zero-order chi connectivity index (χ0) is 18.5. The quantitative estimate of drug-likeness (QED) is 0.825. The molecule has 0 atom stereocenters. The number of para-hydroxylation sites is 1. The minimum atomic E-state index is -0.0826. The molecule has 3 rings (SSSR count). The van der Waals surface area contributed by atoms with Gasteiger partial charge in [0.05, 0.1) is 0 Å². The Balaban J connectivity index is 1.75. The Hall–Kier alpha value is -2.69. The molecule has 1 heterocycles. The minimum Gasteiger partial charge on any atom is -0.454 e. The second-order valence-electron chi connectivity index (χ2n) is 6.29. The van der Waals surface area contributed by atoms with E-state index in [0.29, 0.717) is 13.1 Å². The zero-order valence-electron chi connectivity index (χ0n) is 15.7. The molecule has 0 aliphatic carbocycles. The minimum absolute atomic E-state index is 0.0826. The highest BCUT2D eigenvalue weighted by Gasteiger charge is 2.18. The highest BCUT2D eigenvalue weighted by Crippen LogP contribution is 2.33. The van der Waals surface area contributed by atoms with Crippen molar-refractivity contribution in [2.75, 3.05) is 18.7 Å². The first-order valence-electron chi connectivity index (χ1n) is 9.21. The van der Waals surface area contributed by atoms with E-state index in [4.69, 9.17) is 9.47 Å². The standard InChI is InChI=1S/C21H26N2O3/c1-4-16-8-7-9-17(5-2)20(16)22-21(24)23(6-3)13-15-10-11-18-19(12-15)26-14-25-18/h7-12H,4-6,13-14H2,1-3H3,(H,22,24). The molecule has 26 heavy (non-hydrogen) atoms. The van der Waals surface area contributed by atoms with E-state index in [-0.39, 0.29) is 12.8 Å². The monoisotopic (exact) mass is 354 g/mol. The molecule has 1 aliphatic rings. The Morgan fingerprint density at radius 2 is 1.73 bits per heavy atom. The summed E-state index contributed by atoms with van der Waals surface area (Å²) >= 11 is 0. The summed E-state index contributed by atoms with van der Waals surface area (Å²) in [7, 11) is 0. The van der Waals surface area contributed by atoms with Gasteiger partial charge in [0.2, 0.25) is 6.79 Å². The maximum Gasteiger partial charge on any atom is 0.322 e. The van der Waals surface area contributed by atoms with Gasteiger partial charge in [0.25, 0.3) is 0 Å². The van der Waals surface area contributed by atoms with E-state index in [0.717, 1.165) is 46.7 Å². The van der Waals surface area contributed by atoms with Gasteiger partial charge in [-0.15, -0.1) is 0 Å². The van der Waals surface area contributed by atoms with Crippen LogP contribution < -0.4 is 14.8 Å². The van der Waals surface area contributed by atoms with Gasteiger partial charge >= 0.3 is 6.03 Å². The third-order valence-corrected chi connectivity index (χ3v) is 4.71. The summed E-state index contributed by atoms with van der Waals surface area (Å²) in [5.74, 6) is 1.49. The molecule has 0 aromatic heterocycles. The molecule has 0 fully saturated rings. The molecule has 138 valence electrons. The number of fused-ring (bicyclic) bond motifs is 1. The van der Waals surface area contributed by atoms with Crippen LogP contribution in [0, 0.1) is 0 Å². The lowest BCUT2D eigenvalue weighted by molar-refractivity contribution is 0.174. The maximum absolute atomic E-state index is 12.9. The average molecular weight is 354 g/mol. The van der Waals surface area contributed by atoms with E-state index >= 15 is 0 Å². The number of amides is 2. The van der Waals surface area contributed by atoms with Crippen LogP contribution >= 0.6 is 0 Å². The van der Waals surface area contributed by atoms with Crippen LogP contribution in [0.5, 0.6) is 11.5 Å². The number of carbonyl (C=O) groups is 1. The van der Waals surface area contributed by atoms with E-state index < -0.39 is 0 Å². The summed E-state index contributed by atoms with van der Waals surface area (Å²) in [6.45, 7) is 7.59. The molecule has 2 aromatic rings. The van der Waals surface area contributed by atoms with Crippen LogP contribution in [0.15, 0.2) is 36.4 Å². The van der Waals surface area contributed by atoms with Gasteiger partial charge in [0, 0.05) is 18.8 Å². The first kappa shape index (κ1) is 18.1. The number of anilines is 1. The molecule has 5 heteroatoms. The second kappa shape index (κ2) is 8.13. The number of urea groups is 1. The van der Waals surface area contributed by atoms with Crippen molar-refractivity contribution in [1.82, 2.24) is 4.90 Å². The first-order chi connectivity index (χ1) is 12.7. The van der Waals surface area contributed by atoms with Gasteiger partial charge < -0.3 is 19.7 Å². The van der Waals surface area contributed by atoms with Gasteiger partial charge in [-0.2, -0.15) is 0 Å². The smallest absolute Gasteiger partial charge is 0.322 e. The Labute approximate surface area is 154 Å². The molecule has 2 aromatic carbocycles. The van der Waals surface area contributed by atoms with Crippen molar-refractivity contribution < 1.29 is 14.3 Å². The number of aryl methyl sites for hydroxylation is 2. The molecule has 0 radical (unpaired) electrons. The largest absolute Gasteiger partial charge is 0.454 e. The van der Waals surface area contributed by atoms with Crippen LogP contribution in [-0.4, -0.2) is 24.3 Å².